The first-order chi connectivity index (χ1) is 11.7. The Kier molecular flexibility index (Phi) is 3.91. The lowest BCUT2D eigenvalue weighted by molar-refractivity contribution is -0.129. The molecule has 2 aromatic rings. The number of imidazole rings is 1. The first-order valence-electron chi connectivity index (χ1n) is 9.12. The van der Waals surface area contributed by atoms with Crippen molar-refractivity contribution < 1.29 is 4.79 Å². The summed E-state index contributed by atoms with van der Waals surface area (Å²) in [6.07, 6.45) is 3.51. The Morgan fingerprint density at radius 1 is 1.36 bits per heavy atom. The normalized spacial score (nSPS) is 27.8. The van der Waals surface area contributed by atoms with E-state index in [9.17, 15) is 4.79 Å². The summed E-state index contributed by atoms with van der Waals surface area (Å²) < 4.78 is 0. The van der Waals surface area contributed by atoms with Gasteiger partial charge in [0.25, 0.3) is 0 Å². The van der Waals surface area contributed by atoms with Gasteiger partial charge in [0.15, 0.2) is 5.16 Å². The third-order valence-corrected chi connectivity index (χ3v) is 6.54. The number of carbonyl (C=O) groups is 1. The first-order valence-corrected chi connectivity index (χ1v) is 10.1. The van der Waals surface area contributed by atoms with E-state index in [-0.39, 0.29) is 5.91 Å². The van der Waals surface area contributed by atoms with E-state index in [1.807, 2.05) is 6.07 Å². The second-order valence-electron chi connectivity index (χ2n) is 9.09. The molecule has 0 radical (unpaired) electrons. The molecule has 0 unspecified atom stereocenters. The van der Waals surface area contributed by atoms with Crippen molar-refractivity contribution in [2.24, 2.45) is 10.8 Å². The monoisotopic (exact) mass is 357 g/mol. The number of benzene rings is 1. The van der Waals surface area contributed by atoms with Crippen molar-refractivity contribution in [2.75, 3.05) is 12.3 Å². The highest BCUT2D eigenvalue weighted by atomic mass is 32.2. The van der Waals surface area contributed by atoms with Crippen molar-refractivity contribution in [1.29, 1.82) is 0 Å². The minimum absolute atomic E-state index is 0.257. The summed E-state index contributed by atoms with van der Waals surface area (Å²) in [6, 6.07) is 6.61. The molecular formula is C20H27N3OS. The van der Waals surface area contributed by atoms with Crippen molar-refractivity contribution >= 4 is 28.7 Å². The number of thioether (sulfide) groups is 1. The molecule has 2 atom stereocenters. The van der Waals surface area contributed by atoms with Crippen LogP contribution in [0, 0.1) is 17.8 Å². The van der Waals surface area contributed by atoms with Crippen LogP contribution in [0.1, 0.15) is 45.6 Å². The van der Waals surface area contributed by atoms with Crippen molar-refractivity contribution in [3.8, 4) is 0 Å². The van der Waals surface area contributed by atoms with Gasteiger partial charge in [-0.25, -0.2) is 4.98 Å². The number of nitrogens with one attached hydrogen (secondary N) is 1. The molecular weight excluding hydrogens is 330 g/mol. The van der Waals surface area contributed by atoms with Crippen LogP contribution in [0.3, 0.4) is 0 Å². The number of likely N-dealkylation sites (tertiary alicyclic amines) is 1. The van der Waals surface area contributed by atoms with E-state index in [0.717, 1.165) is 35.6 Å². The van der Waals surface area contributed by atoms with Crippen LogP contribution in [0.15, 0.2) is 23.4 Å². The highest BCUT2D eigenvalue weighted by molar-refractivity contribution is 7.99. The molecule has 134 valence electrons. The molecule has 1 aromatic carbocycles. The van der Waals surface area contributed by atoms with Crippen LogP contribution in [0.2, 0.25) is 0 Å². The van der Waals surface area contributed by atoms with Crippen LogP contribution < -0.4 is 0 Å². The fourth-order valence-electron chi connectivity index (χ4n) is 5.13. The summed E-state index contributed by atoms with van der Waals surface area (Å²) in [5.41, 5.74) is 3.86. The smallest absolute Gasteiger partial charge is 0.233 e. The fraction of sp³-hybridized carbons (Fsp3) is 0.600. The number of aromatic nitrogens is 2. The van der Waals surface area contributed by atoms with Gasteiger partial charge in [0.2, 0.25) is 5.91 Å². The van der Waals surface area contributed by atoms with Crippen LogP contribution in [-0.2, 0) is 4.79 Å². The molecule has 2 fully saturated rings. The van der Waals surface area contributed by atoms with Crippen LogP contribution in [0.4, 0.5) is 0 Å². The van der Waals surface area contributed by atoms with Crippen molar-refractivity contribution in [3.05, 3.63) is 23.8 Å². The molecule has 1 N–H and O–H groups in total. The number of hydrogen-bond donors (Lipinski definition) is 1. The van der Waals surface area contributed by atoms with Gasteiger partial charge in [-0.15, -0.1) is 0 Å². The first kappa shape index (κ1) is 17.0. The van der Waals surface area contributed by atoms with Gasteiger partial charge in [-0.2, -0.15) is 0 Å². The maximum atomic E-state index is 12.8. The maximum absolute atomic E-state index is 12.8. The highest BCUT2D eigenvalue weighted by Gasteiger charge is 2.50. The van der Waals surface area contributed by atoms with E-state index >= 15 is 0 Å². The number of amides is 1. The number of H-pyrrole nitrogens is 1. The number of nitrogens with zero attached hydrogens (tertiary/aromatic N) is 2. The van der Waals surface area contributed by atoms with Gasteiger partial charge < -0.3 is 9.88 Å². The summed E-state index contributed by atoms with van der Waals surface area (Å²) in [5, 5.41) is 0.836. The summed E-state index contributed by atoms with van der Waals surface area (Å²) in [4.78, 5) is 22.9. The molecule has 5 heteroatoms. The molecule has 0 spiro atoms. The van der Waals surface area contributed by atoms with E-state index in [1.54, 1.807) is 0 Å². The summed E-state index contributed by atoms with van der Waals surface area (Å²) in [6.45, 7) is 10.0. The molecule has 1 saturated heterocycles. The van der Waals surface area contributed by atoms with E-state index in [1.165, 1.54) is 23.7 Å². The average Bonchev–Trinajstić information content (AvgIpc) is 3.01. The number of aromatic amines is 1. The molecule has 2 heterocycles. The molecule has 1 saturated carbocycles. The van der Waals surface area contributed by atoms with Crippen LogP contribution in [-0.4, -0.2) is 39.1 Å². The fourth-order valence-corrected chi connectivity index (χ4v) is 5.90. The Hall–Kier alpha value is -1.49. The second-order valence-corrected chi connectivity index (χ2v) is 10.1. The van der Waals surface area contributed by atoms with Gasteiger partial charge in [-0.05, 0) is 54.7 Å². The van der Waals surface area contributed by atoms with Crippen LogP contribution >= 0.6 is 11.8 Å². The number of carbonyl (C=O) groups excluding carboxylic acids is 1. The van der Waals surface area contributed by atoms with Crippen LogP contribution in [0.25, 0.3) is 11.0 Å². The van der Waals surface area contributed by atoms with Gasteiger partial charge in [-0.1, -0.05) is 38.6 Å². The number of hydrogen-bond acceptors (Lipinski definition) is 3. The topological polar surface area (TPSA) is 49.0 Å². The van der Waals surface area contributed by atoms with Gasteiger partial charge in [0, 0.05) is 12.6 Å². The molecule has 1 aliphatic heterocycles. The summed E-state index contributed by atoms with van der Waals surface area (Å²) in [5.74, 6) is 0.722. The quantitative estimate of drug-likeness (QED) is 0.829. The standard InChI is InChI=1S/C20H27N3OS/c1-13-5-6-15-16(7-13)22-18(21-15)25-10-17(24)23-12-20(4)9-14(23)8-19(2,3)11-20/h5-7,14H,8-12H2,1-4H3,(H,21,22)/t14-,20+/m1/s1. The maximum Gasteiger partial charge on any atom is 0.233 e. The average molecular weight is 358 g/mol. The summed E-state index contributed by atoms with van der Waals surface area (Å²) in [7, 11) is 0. The third kappa shape index (κ3) is 3.31. The van der Waals surface area contributed by atoms with Gasteiger partial charge >= 0.3 is 0 Å². The number of rotatable bonds is 3. The predicted octanol–water partition coefficient (Wildman–Crippen LogP) is 4.39. The van der Waals surface area contributed by atoms with E-state index in [0.29, 0.717) is 22.6 Å². The molecule has 2 bridgehead atoms. The Morgan fingerprint density at radius 2 is 2.16 bits per heavy atom. The predicted molar refractivity (Wildman–Crippen MR) is 103 cm³/mol. The van der Waals surface area contributed by atoms with Crippen molar-refractivity contribution in [3.63, 3.8) is 0 Å². The minimum Gasteiger partial charge on any atom is -0.338 e. The Labute approximate surface area is 153 Å². The second kappa shape index (κ2) is 5.76. The largest absolute Gasteiger partial charge is 0.338 e. The zero-order chi connectivity index (χ0) is 17.8. The number of fused-ring (bicyclic) bond motifs is 3. The molecule has 1 aliphatic carbocycles. The third-order valence-electron chi connectivity index (χ3n) is 5.68. The Balaban J connectivity index is 1.43. The minimum atomic E-state index is 0.257. The molecule has 4 nitrogen and oxygen atoms in total. The van der Waals surface area contributed by atoms with Gasteiger partial charge in [0.05, 0.1) is 16.8 Å². The lowest BCUT2D eigenvalue weighted by atomic mass is 9.65. The lowest BCUT2D eigenvalue weighted by Gasteiger charge is -2.39. The van der Waals surface area contributed by atoms with Gasteiger partial charge in [-0.3, -0.25) is 4.79 Å². The van der Waals surface area contributed by atoms with Gasteiger partial charge in [0.1, 0.15) is 0 Å². The highest BCUT2D eigenvalue weighted by Crippen LogP contribution is 2.52. The molecule has 4 rings (SSSR count). The lowest BCUT2D eigenvalue weighted by Crippen LogP contribution is -2.38. The Bertz CT molecular complexity index is 827. The van der Waals surface area contributed by atoms with Crippen molar-refractivity contribution in [2.45, 2.75) is 58.2 Å². The zero-order valence-electron chi connectivity index (χ0n) is 15.6. The summed E-state index contributed by atoms with van der Waals surface area (Å²) >= 11 is 1.52. The SMILES string of the molecule is Cc1ccc2nc(SCC(=O)N3C[C@@]4(C)C[C@H]3CC(C)(C)C4)[nH]c2c1. The van der Waals surface area contributed by atoms with Crippen LogP contribution in [0.5, 0.6) is 0 Å². The Morgan fingerprint density at radius 3 is 2.96 bits per heavy atom. The number of aryl methyl sites for hydroxylation is 1. The van der Waals surface area contributed by atoms with E-state index in [2.05, 4.69) is 54.7 Å². The van der Waals surface area contributed by atoms with Crippen molar-refractivity contribution in [1.82, 2.24) is 14.9 Å². The molecule has 1 aromatic heterocycles. The molecule has 2 aliphatic rings. The van der Waals surface area contributed by atoms with E-state index in [4.69, 9.17) is 0 Å². The molecule has 25 heavy (non-hydrogen) atoms. The van der Waals surface area contributed by atoms with E-state index < -0.39 is 0 Å². The zero-order valence-corrected chi connectivity index (χ0v) is 16.4. The molecule has 1 amide bonds.